The topological polar surface area (TPSA) is 100 Å². The first-order valence-corrected chi connectivity index (χ1v) is 12.5. The number of ether oxygens (including phenoxy) is 1. The SMILES string of the molecule is CC(C)(C)OC(=O)N1CCN(CCn2cc(C3CC3)c3cc(N4CCC(=O)NC4=O)cnc32)CC1. The molecule has 3 aliphatic rings. The Labute approximate surface area is 205 Å². The molecule has 0 spiro atoms. The zero-order chi connectivity index (χ0) is 24.7. The third kappa shape index (κ3) is 5.27. The van der Waals surface area contributed by atoms with Gasteiger partial charge in [0.15, 0.2) is 0 Å². The van der Waals surface area contributed by atoms with Crippen LogP contribution in [0.3, 0.4) is 0 Å². The lowest BCUT2D eigenvalue weighted by Gasteiger charge is -2.35. The number of pyridine rings is 1. The van der Waals surface area contributed by atoms with Gasteiger partial charge in [0.1, 0.15) is 11.2 Å². The Kier molecular flexibility index (Phi) is 6.16. The Morgan fingerprint density at radius 2 is 1.86 bits per heavy atom. The van der Waals surface area contributed by atoms with E-state index in [-0.39, 0.29) is 18.0 Å². The van der Waals surface area contributed by atoms with E-state index in [0.29, 0.717) is 32.0 Å². The van der Waals surface area contributed by atoms with E-state index in [1.807, 2.05) is 26.8 Å². The maximum atomic E-state index is 12.3. The first-order valence-electron chi connectivity index (χ1n) is 12.5. The lowest BCUT2D eigenvalue weighted by molar-refractivity contribution is -0.120. The fourth-order valence-electron chi connectivity index (χ4n) is 4.76. The molecule has 0 unspecified atom stereocenters. The summed E-state index contributed by atoms with van der Waals surface area (Å²) in [6, 6.07) is 1.65. The molecule has 0 aromatic carbocycles. The summed E-state index contributed by atoms with van der Waals surface area (Å²) < 4.78 is 7.71. The van der Waals surface area contributed by atoms with E-state index in [1.54, 1.807) is 16.0 Å². The number of carbonyl (C=O) groups is 3. The van der Waals surface area contributed by atoms with Crippen LogP contribution in [-0.2, 0) is 16.1 Å². The number of nitrogens with zero attached hydrogens (tertiary/aromatic N) is 5. The molecule has 0 radical (unpaired) electrons. The average Bonchev–Trinajstić information content (AvgIpc) is 3.58. The predicted molar refractivity (Wildman–Crippen MR) is 131 cm³/mol. The molecule has 10 heteroatoms. The zero-order valence-corrected chi connectivity index (χ0v) is 20.7. The molecule has 2 aromatic heterocycles. The van der Waals surface area contributed by atoms with Gasteiger partial charge in [-0.25, -0.2) is 14.6 Å². The second-order valence-electron chi connectivity index (χ2n) is 10.7. The molecule has 2 aliphatic heterocycles. The van der Waals surface area contributed by atoms with Crippen molar-refractivity contribution in [3.05, 3.63) is 24.0 Å². The molecule has 188 valence electrons. The summed E-state index contributed by atoms with van der Waals surface area (Å²) in [4.78, 5) is 46.6. The lowest BCUT2D eigenvalue weighted by atomic mass is 10.1. The molecule has 1 N–H and O–H groups in total. The van der Waals surface area contributed by atoms with Gasteiger partial charge in [0.25, 0.3) is 0 Å². The van der Waals surface area contributed by atoms with Gasteiger partial charge < -0.3 is 14.2 Å². The highest BCUT2D eigenvalue weighted by atomic mass is 16.6. The van der Waals surface area contributed by atoms with E-state index in [0.717, 1.165) is 42.9 Å². The second kappa shape index (κ2) is 9.14. The molecule has 10 nitrogen and oxygen atoms in total. The van der Waals surface area contributed by atoms with Gasteiger partial charge in [-0.05, 0) is 51.2 Å². The van der Waals surface area contributed by atoms with Crippen LogP contribution in [0.2, 0.25) is 0 Å². The van der Waals surface area contributed by atoms with E-state index in [2.05, 4.69) is 21.0 Å². The van der Waals surface area contributed by atoms with Crippen molar-refractivity contribution in [3.8, 4) is 0 Å². The highest BCUT2D eigenvalue weighted by molar-refractivity contribution is 6.06. The monoisotopic (exact) mass is 482 g/mol. The van der Waals surface area contributed by atoms with Gasteiger partial charge in [-0.2, -0.15) is 0 Å². The maximum Gasteiger partial charge on any atom is 0.410 e. The van der Waals surface area contributed by atoms with Gasteiger partial charge in [-0.1, -0.05) is 0 Å². The molecule has 1 saturated carbocycles. The minimum atomic E-state index is -0.481. The number of urea groups is 1. The Hall–Kier alpha value is -3.14. The number of rotatable bonds is 5. The molecule has 2 aromatic rings. The Morgan fingerprint density at radius 3 is 2.51 bits per heavy atom. The van der Waals surface area contributed by atoms with Crippen molar-refractivity contribution in [2.45, 2.75) is 58.1 Å². The summed E-state index contributed by atoms with van der Waals surface area (Å²) in [5.41, 5.74) is 2.46. The van der Waals surface area contributed by atoms with Crippen molar-refractivity contribution in [2.75, 3.05) is 44.2 Å². The summed E-state index contributed by atoms with van der Waals surface area (Å²) >= 11 is 0. The van der Waals surface area contributed by atoms with Crippen LogP contribution in [0.25, 0.3) is 11.0 Å². The Bertz CT molecular complexity index is 1140. The van der Waals surface area contributed by atoms with E-state index >= 15 is 0 Å². The fraction of sp³-hybridized carbons (Fsp3) is 0.600. The molecule has 35 heavy (non-hydrogen) atoms. The van der Waals surface area contributed by atoms with Crippen LogP contribution in [0, 0.1) is 0 Å². The molecule has 4 heterocycles. The van der Waals surface area contributed by atoms with Crippen LogP contribution < -0.4 is 10.2 Å². The van der Waals surface area contributed by atoms with Crippen molar-refractivity contribution < 1.29 is 19.1 Å². The van der Waals surface area contributed by atoms with Crippen molar-refractivity contribution in [3.63, 3.8) is 0 Å². The number of hydrogen-bond donors (Lipinski definition) is 1. The minimum absolute atomic E-state index is 0.239. The molecular weight excluding hydrogens is 448 g/mol. The number of anilines is 1. The van der Waals surface area contributed by atoms with Crippen LogP contribution in [0.4, 0.5) is 15.3 Å². The third-order valence-corrected chi connectivity index (χ3v) is 6.79. The van der Waals surface area contributed by atoms with Crippen LogP contribution in [0.5, 0.6) is 0 Å². The largest absolute Gasteiger partial charge is 0.444 e. The zero-order valence-electron chi connectivity index (χ0n) is 20.7. The first-order chi connectivity index (χ1) is 16.7. The number of fused-ring (bicyclic) bond motifs is 1. The summed E-state index contributed by atoms with van der Waals surface area (Å²) in [6.07, 6.45) is 6.35. The molecule has 0 atom stereocenters. The van der Waals surface area contributed by atoms with Gasteiger partial charge in [0.05, 0.1) is 11.9 Å². The predicted octanol–water partition coefficient (Wildman–Crippen LogP) is 2.91. The number of amides is 4. The fourth-order valence-corrected chi connectivity index (χ4v) is 4.76. The summed E-state index contributed by atoms with van der Waals surface area (Å²) in [7, 11) is 0. The van der Waals surface area contributed by atoms with Crippen molar-refractivity contribution >= 4 is 34.8 Å². The molecule has 5 rings (SSSR count). The number of piperazine rings is 1. The Balaban J connectivity index is 1.25. The third-order valence-electron chi connectivity index (χ3n) is 6.79. The van der Waals surface area contributed by atoms with Crippen LogP contribution in [0.1, 0.15) is 51.5 Å². The molecular formula is C25H34N6O4. The van der Waals surface area contributed by atoms with E-state index < -0.39 is 5.60 Å². The number of nitrogens with one attached hydrogen (secondary N) is 1. The van der Waals surface area contributed by atoms with Crippen LogP contribution >= 0.6 is 0 Å². The van der Waals surface area contributed by atoms with E-state index in [9.17, 15) is 14.4 Å². The number of imide groups is 1. The smallest absolute Gasteiger partial charge is 0.410 e. The number of hydrogen-bond acceptors (Lipinski definition) is 6. The summed E-state index contributed by atoms with van der Waals surface area (Å²) in [5, 5.41) is 3.47. The standard InChI is InChI=1S/C25H34N6O4/c1-25(2,3)35-24(34)29-11-8-28(9-12-29)10-13-30-16-20(17-4-5-17)19-14-18(15-26-22(19)30)31-7-6-21(32)27-23(31)33/h14-17H,4-13H2,1-3H3,(H,27,32,33). The molecule has 0 bridgehead atoms. The summed E-state index contributed by atoms with van der Waals surface area (Å²) in [5.74, 6) is 0.307. The molecule has 2 saturated heterocycles. The lowest BCUT2D eigenvalue weighted by Crippen LogP contribution is -2.50. The number of carbonyl (C=O) groups excluding carboxylic acids is 3. The van der Waals surface area contributed by atoms with Gasteiger partial charge >= 0.3 is 12.1 Å². The summed E-state index contributed by atoms with van der Waals surface area (Å²) in [6.45, 7) is 10.7. The van der Waals surface area contributed by atoms with E-state index in [4.69, 9.17) is 9.72 Å². The minimum Gasteiger partial charge on any atom is -0.444 e. The van der Waals surface area contributed by atoms with Crippen molar-refractivity contribution in [2.24, 2.45) is 0 Å². The second-order valence-corrected chi connectivity index (χ2v) is 10.7. The van der Waals surface area contributed by atoms with Crippen LogP contribution in [-0.4, -0.2) is 82.3 Å². The molecule has 4 amide bonds. The molecule has 1 aliphatic carbocycles. The normalized spacial score (nSPS) is 19.9. The van der Waals surface area contributed by atoms with Crippen molar-refractivity contribution in [1.82, 2.24) is 24.7 Å². The van der Waals surface area contributed by atoms with Crippen molar-refractivity contribution in [1.29, 1.82) is 0 Å². The Morgan fingerprint density at radius 1 is 1.11 bits per heavy atom. The highest BCUT2D eigenvalue weighted by Gasteiger charge is 2.30. The van der Waals surface area contributed by atoms with Gasteiger partial charge in [0.2, 0.25) is 5.91 Å². The average molecular weight is 483 g/mol. The van der Waals surface area contributed by atoms with Gasteiger partial charge in [-0.15, -0.1) is 0 Å². The van der Waals surface area contributed by atoms with E-state index in [1.165, 1.54) is 18.4 Å². The highest BCUT2D eigenvalue weighted by Crippen LogP contribution is 2.44. The number of aromatic nitrogens is 2. The quantitative estimate of drug-likeness (QED) is 0.704. The van der Waals surface area contributed by atoms with Crippen LogP contribution in [0.15, 0.2) is 18.5 Å². The van der Waals surface area contributed by atoms with Gasteiger partial charge in [-0.3, -0.25) is 19.9 Å². The molecule has 3 fully saturated rings. The first kappa shape index (κ1) is 23.6. The maximum absolute atomic E-state index is 12.3. The van der Waals surface area contributed by atoms with Gasteiger partial charge in [0, 0.05) is 63.8 Å².